The molecule has 0 aliphatic heterocycles. The van der Waals surface area contributed by atoms with Gasteiger partial charge in [0, 0.05) is 12.8 Å². The summed E-state index contributed by atoms with van der Waals surface area (Å²) in [5, 5.41) is 8.45. The van der Waals surface area contributed by atoms with E-state index in [1.165, 1.54) is 0 Å². The van der Waals surface area contributed by atoms with E-state index in [9.17, 15) is 21.9 Å². The number of nitrogens with one attached hydrogen (secondary N) is 1. The summed E-state index contributed by atoms with van der Waals surface area (Å²) in [7, 11) is -7.45. The maximum absolute atomic E-state index is 11.2. The molecule has 1 atom stereocenters. The Morgan fingerprint density at radius 2 is 1.69 bits per heavy atom. The van der Waals surface area contributed by atoms with Crippen LogP contribution in [0.25, 0.3) is 0 Å². The minimum absolute atomic E-state index is 0.157. The molecule has 2 N–H and O–H groups in total. The molecule has 0 aliphatic rings. The van der Waals surface area contributed by atoms with Crippen LogP contribution in [0.4, 0.5) is 0 Å². The molecule has 0 saturated heterocycles. The third-order valence-electron chi connectivity index (χ3n) is 1.65. The smallest absolute Gasteiger partial charge is 0.226 e. The second kappa shape index (κ2) is 5.95. The van der Waals surface area contributed by atoms with Crippen molar-refractivity contribution in [1.82, 2.24) is 4.72 Å². The van der Waals surface area contributed by atoms with Crippen LogP contribution >= 0.6 is 0 Å². The first-order chi connectivity index (χ1) is 7.02. The van der Waals surface area contributed by atoms with Crippen molar-refractivity contribution < 1.29 is 21.9 Å². The lowest BCUT2D eigenvalue weighted by Gasteiger charge is -2.13. The van der Waals surface area contributed by atoms with E-state index in [1.807, 2.05) is 13.8 Å². The third kappa shape index (κ3) is 9.08. The Morgan fingerprint density at radius 3 is 2.06 bits per heavy atom. The fraction of sp³-hybridized carbons (Fsp3) is 1.00. The van der Waals surface area contributed by atoms with Crippen LogP contribution in [0, 0.1) is 5.92 Å². The highest BCUT2D eigenvalue weighted by molar-refractivity contribution is 8.06. The van der Waals surface area contributed by atoms with Gasteiger partial charge in [-0.3, -0.25) is 0 Å². The second-order valence-electron chi connectivity index (χ2n) is 4.29. The van der Waals surface area contributed by atoms with Gasteiger partial charge in [-0.05, 0) is 12.3 Å². The molecule has 0 saturated carbocycles. The van der Waals surface area contributed by atoms with Crippen molar-refractivity contribution in [3.8, 4) is 0 Å². The van der Waals surface area contributed by atoms with E-state index in [0.717, 1.165) is 6.26 Å². The van der Waals surface area contributed by atoms with Crippen LogP contribution in [0.5, 0.6) is 0 Å². The van der Waals surface area contributed by atoms with Crippen LogP contribution in [0.2, 0.25) is 0 Å². The molecule has 0 aromatic rings. The first-order valence-corrected chi connectivity index (χ1v) is 8.56. The van der Waals surface area contributed by atoms with Crippen molar-refractivity contribution in [1.29, 1.82) is 0 Å². The second-order valence-corrected chi connectivity index (χ2v) is 8.60. The lowest BCUT2D eigenvalue weighted by atomic mass is 10.1. The molecule has 98 valence electrons. The van der Waals surface area contributed by atoms with E-state index in [1.54, 1.807) is 0 Å². The molecule has 0 aliphatic carbocycles. The largest absolute Gasteiger partial charge is 0.392 e. The minimum Gasteiger partial charge on any atom is -0.392 e. The molecule has 0 aromatic heterocycles. The summed E-state index contributed by atoms with van der Waals surface area (Å²) in [6, 6.07) is 0. The predicted molar refractivity (Wildman–Crippen MR) is 62.1 cm³/mol. The first-order valence-electron chi connectivity index (χ1n) is 4.85. The standard InChI is InChI=1S/C8H19NO5S2/c1-7(2)4-8(10)5-9-16(13,14)6-15(3,11)12/h7-10H,4-6H2,1-3H3. The Hall–Kier alpha value is -0.180. The van der Waals surface area contributed by atoms with Crippen molar-refractivity contribution in [2.45, 2.75) is 26.4 Å². The van der Waals surface area contributed by atoms with Crippen molar-refractivity contribution >= 4 is 19.9 Å². The number of sulfone groups is 1. The average molecular weight is 273 g/mol. The molecule has 0 heterocycles. The highest BCUT2D eigenvalue weighted by atomic mass is 32.3. The first kappa shape index (κ1) is 15.8. The Labute approximate surface area is 97.0 Å². The summed E-state index contributed by atoms with van der Waals surface area (Å²) in [6.45, 7) is 3.64. The van der Waals surface area contributed by atoms with Gasteiger partial charge in [0.1, 0.15) is 0 Å². The van der Waals surface area contributed by atoms with Gasteiger partial charge in [0.05, 0.1) is 6.10 Å². The van der Waals surface area contributed by atoms with Crippen LogP contribution in [0.1, 0.15) is 20.3 Å². The molecule has 0 amide bonds. The Balaban J connectivity index is 4.20. The summed E-state index contributed by atoms with van der Waals surface area (Å²) in [5.74, 6) is 0.245. The van der Waals surface area contributed by atoms with Crippen molar-refractivity contribution in [2.24, 2.45) is 5.92 Å². The summed E-state index contributed by atoms with van der Waals surface area (Å²) < 4.78 is 46.1. The maximum Gasteiger partial charge on any atom is 0.226 e. The lowest BCUT2D eigenvalue weighted by molar-refractivity contribution is 0.152. The molecule has 6 nitrogen and oxygen atoms in total. The number of hydrogen-bond acceptors (Lipinski definition) is 5. The molecule has 16 heavy (non-hydrogen) atoms. The summed E-state index contributed by atoms with van der Waals surface area (Å²) in [5.41, 5.74) is 0. The van der Waals surface area contributed by atoms with Gasteiger partial charge in [-0.1, -0.05) is 13.8 Å². The fourth-order valence-electron chi connectivity index (χ4n) is 1.17. The number of rotatable bonds is 7. The Bertz CT molecular complexity index is 398. The van der Waals surface area contributed by atoms with E-state index < -0.39 is 31.0 Å². The molecule has 0 bridgehead atoms. The van der Waals surface area contributed by atoms with E-state index in [2.05, 4.69) is 4.72 Å². The highest BCUT2D eigenvalue weighted by Gasteiger charge is 2.19. The van der Waals surface area contributed by atoms with Crippen LogP contribution in [0.15, 0.2) is 0 Å². The fourth-order valence-corrected chi connectivity index (χ4v) is 4.21. The molecule has 1 unspecified atom stereocenters. The number of hydrogen-bond donors (Lipinski definition) is 2. The summed E-state index contributed by atoms with van der Waals surface area (Å²) >= 11 is 0. The SMILES string of the molecule is CC(C)CC(O)CNS(=O)(=O)CS(C)(=O)=O. The van der Waals surface area contributed by atoms with Crippen molar-refractivity contribution in [3.05, 3.63) is 0 Å². The maximum atomic E-state index is 11.2. The molecule has 0 spiro atoms. The van der Waals surface area contributed by atoms with E-state index in [4.69, 9.17) is 0 Å². The van der Waals surface area contributed by atoms with Gasteiger partial charge in [0.15, 0.2) is 14.9 Å². The zero-order valence-corrected chi connectivity index (χ0v) is 11.3. The van der Waals surface area contributed by atoms with Gasteiger partial charge in [-0.15, -0.1) is 0 Å². The van der Waals surface area contributed by atoms with E-state index in [-0.39, 0.29) is 12.5 Å². The van der Waals surface area contributed by atoms with Crippen molar-refractivity contribution in [3.63, 3.8) is 0 Å². The topological polar surface area (TPSA) is 101 Å². The quantitative estimate of drug-likeness (QED) is 0.640. The van der Waals surface area contributed by atoms with Gasteiger partial charge in [-0.25, -0.2) is 21.6 Å². The predicted octanol–water partition coefficient (Wildman–Crippen LogP) is -0.685. The van der Waals surface area contributed by atoms with E-state index >= 15 is 0 Å². The molecular formula is C8H19NO5S2. The van der Waals surface area contributed by atoms with Gasteiger partial charge < -0.3 is 5.11 Å². The number of aliphatic hydroxyl groups is 1. The average Bonchev–Trinajstić information content (AvgIpc) is 1.95. The molecule has 0 aromatic carbocycles. The Morgan fingerprint density at radius 1 is 1.19 bits per heavy atom. The van der Waals surface area contributed by atoms with Gasteiger partial charge >= 0.3 is 0 Å². The van der Waals surface area contributed by atoms with Crippen LogP contribution in [-0.4, -0.2) is 45.9 Å². The summed E-state index contributed by atoms with van der Waals surface area (Å²) in [6.07, 6.45) is 0.507. The molecular weight excluding hydrogens is 254 g/mol. The number of aliphatic hydroxyl groups excluding tert-OH is 1. The van der Waals surface area contributed by atoms with Crippen LogP contribution < -0.4 is 4.72 Å². The van der Waals surface area contributed by atoms with Crippen LogP contribution in [-0.2, 0) is 19.9 Å². The molecule has 0 fully saturated rings. The monoisotopic (exact) mass is 273 g/mol. The van der Waals surface area contributed by atoms with Gasteiger partial charge in [0.2, 0.25) is 10.0 Å². The molecule has 8 heteroatoms. The minimum atomic E-state index is -3.87. The zero-order chi connectivity index (χ0) is 13.0. The van der Waals surface area contributed by atoms with Gasteiger partial charge in [-0.2, -0.15) is 0 Å². The zero-order valence-electron chi connectivity index (χ0n) is 9.67. The molecule has 0 rings (SSSR count). The highest BCUT2D eigenvalue weighted by Crippen LogP contribution is 2.04. The van der Waals surface area contributed by atoms with Crippen molar-refractivity contribution in [2.75, 3.05) is 17.9 Å². The normalized spacial score (nSPS) is 15.3. The third-order valence-corrected chi connectivity index (χ3v) is 5.21. The number of sulfonamides is 1. The van der Waals surface area contributed by atoms with Crippen LogP contribution in [0.3, 0.4) is 0 Å². The summed E-state index contributed by atoms with van der Waals surface area (Å²) in [4.78, 5) is 0. The molecule has 0 radical (unpaired) electrons. The lowest BCUT2D eigenvalue weighted by Crippen LogP contribution is -2.36. The Kier molecular flexibility index (Phi) is 5.88. The van der Waals surface area contributed by atoms with Gasteiger partial charge in [0.25, 0.3) is 0 Å². The van der Waals surface area contributed by atoms with E-state index in [0.29, 0.717) is 6.42 Å².